The SMILES string of the molecule is CNC(c1cc(Cl)c(OC)cc1Cl)C1CCCCO1. The molecule has 1 N–H and O–H groups in total. The summed E-state index contributed by atoms with van der Waals surface area (Å²) in [6.45, 7) is 0.810. The Labute approximate surface area is 124 Å². The zero-order valence-corrected chi connectivity index (χ0v) is 12.7. The molecule has 0 amide bonds. The third-order valence-corrected chi connectivity index (χ3v) is 4.13. The van der Waals surface area contributed by atoms with E-state index in [1.807, 2.05) is 13.1 Å². The number of hydrogen-bond acceptors (Lipinski definition) is 3. The molecule has 106 valence electrons. The maximum atomic E-state index is 6.34. The standard InChI is InChI=1S/C14H19Cl2NO2/c1-17-14(12-5-3-4-6-19-12)9-7-11(16)13(18-2)8-10(9)15/h7-8,12,14,17H,3-6H2,1-2H3. The molecule has 1 aromatic carbocycles. The summed E-state index contributed by atoms with van der Waals surface area (Å²) in [5.74, 6) is 0.592. The molecule has 2 rings (SSSR count). The summed E-state index contributed by atoms with van der Waals surface area (Å²) in [6, 6.07) is 3.67. The second-order valence-electron chi connectivity index (χ2n) is 4.68. The molecule has 19 heavy (non-hydrogen) atoms. The van der Waals surface area contributed by atoms with E-state index in [1.54, 1.807) is 13.2 Å². The average Bonchev–Trinajstić information content (AvgIpc) is 2.44. The Bertz CT molecular complexity index is 434. The first-order valence-electron chi connectivity index (χ1n) is 6.49. The fourth-order valence-corrected chi connectivity index (χ4v) is 3.03. The maximum Gasteiger partial charge on any atom is 0.138 e. The van der Waals surface area contributed by atoms with Crippen molar-refractivity contribution >= 4 is 23.2 Å². The van der Waals surface area contributed by atoms with Crippen LogP contribution in [0.25, 0.3) is 0 Å². The first-order valence-corrected chi connectivity index (χ1v) is 7.24. The lowest BCUT2D eigenvalue weighted by Crippen LogP contribution is -2.34. The van der Waals surface area contributed by atoms with Gasteiger partial charge in [0.1, 0.15) is 5.75 Å². The molecule has 0 spiro atoms. The molecule has 1 heterocycles. The lowest BCUT2D eigenvalue weighted by molar-refractivity contribution is -0.00660. The van der Waals surface area contributed by atoms with Crippen molar-refractivity contribution in [3.63, 3.8) is 0 Å². The highest BCUT2D eigenvalue weighted by Crippen LogP contribution is 2.36. The number of rotatable bonds is 4. The minimum atomic E-state index is 0.0520. The maximum absolute atomic E-state index is 6.34. The van der Waals surface area contributed by atoms with Crippen LogP contribution >= 0.6 is 23.2 Å². The van der Waals surface area contributed by atoms with E-state index in [0.29, 0.717) is 15.8 Å². The molecule has 3 nitrogen and oxygen atoms in total. The van der Waals surface area contributed by atoms with E-state index < -0.39 is 0 Å². The first-order chi connectivity index (χ1) is 9.17. The van der Waals surface area contributed by atoms with Crippen LogP contribution in [0.2, 0.25) is 10.0 Å². The number of benzene rings is 1. The van der Waals surface area contributed by atoms with Crippen LogP contribution in [0.3, 0.4) is 0 Å². The Kier molecular flexibility index (Phi) is 5.34. The summed E-state index contributed by atoms with van der Waals surface area (Å²) in [7, 11) is 3.49. The molecule has 1 aliphatic rings. The third kappa shape index (κ3) is 3.34. The van der Waals surface area contributed by atoms with Gasteiger partial charge in [0.25, 0.3) is 0 Å². The van der Waals surface area contributed by atoms with Crippen molar-refractivity contribution in [2.45, 2.75) is 31.4 Å². The van der Waals surface area contributed by atoms with Crippen LogP contribution in [0, 0.1) is 0 Å². The second kappa shape index (κ2) is 6.80. The number of halogens is 2. The molecule has 0 bridgehead atoms. The molecular weight excluding hydrogens is 285 g/mol. The fraction of sp³-hybridized carbons (Fsp3) is 0.571. The molecule has 1 aliphatic heterocycles. The normalized spacial score (nSPS) is 21.2. The fourth-order valence-electron chi connectivity index (χ4n) is 2.51. The lowest BCUT2D eigenvalue weighted by Gasteiger charge is -2.31. The quantitative estimate of drug-likeness (QED) is 0.917. The van der Waals surface area contributed by atoms with Crippen LogP contribution in [0.4, 0.5) is 0 Å². The van der Waals surface area contributed by atoms with Gasteiger partial charge < -0.3 is 14.8 Å². The van der Waals surface area contributed by atoms with Crippen molar-refractivity contribution in [1.29, 1.82) is 0 Å². The van der Waals surface area contributed by atoms with E-state index in [4.69, 9.17) is 32.7 Å². The van der Waals surface area contributed by atoms with Crippen molar-refractivity contribution in [3.8, 4) is 5.75 Å². The van der Waals surface area contributed by atoms with Gasteiger partial charge in [0.05, 0.1) is 24.3 Å². The molecule has 0 aromatic heterocycles. The number of nitrogens with one attached hydrogen (secondary N) is 1. The number of ether oxygens (including phenoxy) is 2. The van der Waals surface area contributed by atoms with Crippen LogP contribution in [-0.4, -0.2) is 26.9 Å². The Hall–Kier alpha value is -0.480. The van der Waals surface area contributed by atoms with E-state index in [9.17, 15) is 0 Å². The van der Waals surface area contributed by atoms with Crippen LogP contribution in [0.1, 0.15) is 30.9 Å². The number of hydrogen-bond donors (Lipinski definition) is 1. The minimum absolute atomic E-state index is 0.0520. The molecule has 2 atom stereocenters. The van der Waals surface area contributed by atoms with Gasteiger partial charge in [-0.3, -0.25) is 0 Å². The van der Waals surface area contributed by atoms with Crippen molar-refractivity contribution < 1.29 is 9.47 Å². The number of likely N-dealkylation sites (N-methyl/N-ethyl adjacent to an activating group) is 1. The molecule has 1 fully saturated rings. The minimum Gasteiger partial charge on any atom is -0.495 e. The molecule has 0 saturated carbocycles. The third-order valence-electron chi connectivity index (χ3n) is 3.50. The van der Waals surface area contributed by atoms with Crippen LogP contribution in [0.5, 0.6) is 5.75 Å². The Morgan fingerprint density at radius 2 is 2.11 bits per heavy atom. The molecular formula is C14H19Cl2NO2. The van der Waals surface area contributed by atoms with Crippen molar-refractivity contribution in [3.05, 3.63) is 27.7 Å². The van der Waals surface area contributed by atoms with Gasteiger partial charge in [-0.1, -0.05) is 23.2 Å². The summed E-state index contributed by atoms with van der Waals surface area (Å²) < 4.78 is 11.0. The highest BCUT2D eigenvalue weighted by atomic mass is 35.5. The zero-order chi connectivity index (χ0) is 13.8. The van der Waals surface area contributed by atoms with E-state index in [1.165, 1.54) is 6.42 Å². The van der Waals surface area contributed by atoms with Gasteiger partial charge >= 0.3 is 0 Å². The largest absolute Gasteiger partial charge is 0.495 e. The van der Waals surface area contributed by atoms with Gasteiger partial charge in [0.2, 0.25) is 0 Å². The summed E-state index contributed by atoms with van der Waals surface area (Å²) in [6.07, 6.45) is 3.49. The van der Waals surface area contributed by atoms with E-state index in [0.717, 1.165) is 25.0 Å². The summed E-state index contributed by atoms with van der Waals surface area (Å²) in [5.41, 5.74) is 0.960. The van der Waals surface area contributed by atoms with Crippen LogP contribution < -0.4 is 10.1 Å². The lowest BCUT2D eigenvalue weighted by atomic mass is 9.95. The summed E-state index contributed by atoms with van der Waals surface area (Å²) >= 11 is 12.5. The molecule has 1 saturated heterocycles. The Balaban J connectivity index is 2.29. The molecule has 2 unspecified atom stereocenters. The zero-order valence-electron chi connectivity index (χ0n) is 11.2. The summed E-state index contributed by atoms with van der Waals surface area (Å²) in [4.78, 5) is 0. The van der Waals surface area contributed by atoms with Gasteiger partial charge in [-0.05, 0) is 37.9 Å². The van der Waals surface area contributed by atoms with Crippen molar-refractivity contribution in [1.82, 2.24) is 5.32 Å². The van der Waals surface area contributed by atoms with Crippen LogP contribution in [0.15, 0.2) is 12.1 Å². The monoisotopic (exact) mass is 303 g/mol. The van der Waals surface area contributed by atoms with Gasteiger partial charge in [0.15, 0.2) is 0 Å². The van der Waals surface area contributed by atoms with E-state index >= 15 is 0 Å². The molecule has 5 heteroatoms. The van der Waals surface area contributed by atoms with Gasteiger partial charge in [0, 0.05) is 17.7 Å². The smallest absolute Gasteiger partial charge is 0.138 e. The summed E-state index contributed by atoms with van der Waals surface area (Å²) in [5, 5.41) is 4.50. The van der Waals surface area contributed by atoms with E-state index in [2.05, 4.69) is 5.32 Å². The van der Waals surface area contributed by atoms with Gasteiger partial charge in [-0.2, -0.15) is 0 Å². The predicted octanol–water partition coefficient (Wildman–Crippen LogP) is 3.83. The average molecular weight is 304 g/mol. The topological polar surface area (TPSA) is 30.5 Å². The van der Waals surface area contributed by atoms with Gasteiger partial charge in [-0.25, -0.2) is 0 Å². The van der Waals surface area contributed by atoms with Crippen LogP contribution in [-0.2, 0) is 4.74 Å². The van der Waals surface area contributed by atoms with Gasteiger partial charge in [-0.15, -0.1) is 0 Å². The van der Waals surface area contributed by atoms with Crippen molar-refractivity contribution in [2.24, 2.45) is 0 Å². The Morgan fingerprint density at radius 1 is 1.32 bits per heavy atom. The molecule has 0 aliphatic carbocycles. The first kappa shape index (κ1) is 14.9. The number of methoxy groups -OCH3 is 1. The Morgan fingerprint density at radius 3 is 2.68 bits per heavy atom. The predicted molar refractivity (Wildman–Crippen MR) is 78.4 cm³/mol. The van der Waals surface area contributed by atoms with Crippen molar-refractivity contribution in [2.75, 3.05) is 20.8 Å². The molecule has 1 aromatic rings. The van der Waals surface area contributed by atoms with E-state index in [-0.39, 0.29) is 12.1 Å². The highest BCUT2D eigenvalue weighted by molar-refractivity contribution is 6.34. The second-order valence-corrected chi connectivity index (χ2v) is 5.49. The highest BCUT2D eigenvalue weighted by Gasteiger charge is 2.27. The molecule has 0 radical (unpaired) electrons.